The number of ether oxygens (including phenoxy) is 2. The number of fused-ring (bicyclic) bond motifs is 4. The lowest BCUT2D eigenvalue weighted by molar-refractivity contribution is -0.142. The lowest BCUT2D eigenvalue weighted by Crippen LogP contribution is -2.54. The minimum atomic E-state index is -1.11. The average molecular weight is 493 g/mol. The van der Waals surface area contributed by atoms with E-state index >= 15 is 0 Å². The maximum absolute atomic E-state index is 13.6. The second-order valence-corrected chi connectivity index (χ2v) is 9.95. The highest BCUT2D eigenvalue weighted by Crippen LogP contribution is 2.50. The lowest BCUT2D eigenvalue weighted by Gasteiger charge is -2.45. The molecule has 2 aliphatic carbocycles. The highest BCUT2D eigenvalue weighted by atomic mass is 16.7. The fourth-order valence-electron chi connectivity index (χ4n) is 6.18. The van der Waals surface area contributed by atoms with E-state index in [2.05, 4.69) is 5.16 Å². The van der Waals surface area contributed by atoms with Crippen LogP contribution >= 0.6 is 0 Å². The van der Waals surface area contributed by atoms with Crippen molar-refractivity contribution in [3.8, 4) is 11.5 Å². The number of amides is 2. The molecule has 6 rings (SSSR count). The second-order valence-electron chi connectivity index (χ2n) is 9.95. The molecule has 1 saturated heterocycles. The molecule has 2 N–H and O–H groups in total. The average Bonchev–Trinajstić information content (AvgIpc) is 3.45. The molecule has 2 heterocycles. The molecule has 0 bridgehead atoms. The summed E-state index contributed by atoms with van der Waals surface area (Å²) in [5, 5.41) is 25.9. The van der Waals surface area contributed by atoms with E-state index in [1.54, 1.807) is 12.1 Å². The summed E-state index contributed by atoms with van der Waals surface area (Å²) in [5.74, 6) is -1.36. The normalized spacial score (nSPS) is 31.9. The van der Waals surface area contributed by atoms with Crippen LogP contribution in [0, 0.1) is 23.7 Å². The van der Waals surface area contributed by atoms with Crippen LogP contribution in [0.15, 0.2) is 53.7 Å². The van der Waals surface area contributed by atoms with Crippen LogP contribution in [0.5, 0.6) is 11.5 Å². The number of imide groups is 1. The Morgan fingerprint density at radius 1 is 0.944 bits per heavy atom. The van der Waals surface area contributed by atoms with Crippen LogP contribution in [-0.4, -0.2) is 51.6 Å². The Hall–Kier alpha value is -3.43. The van der Waals surface area contributed by atoms with Gasteiger partial charge in [0.15, 0.2) is 11.5 Å². The molecule has 0 spiro atoms. The number of carbonyl (C=O) groups is 2. The van der Waals surface area contributed by atoms with E-state index in [4.69, 9.17) is 14.3 Å². The van der Waals surface area contributed by atoms with E-state index in [0.29, 0.717) is 30.1 Å². The lowest BCUT2D eigenvalue weighted by atomic mass is 9.60. The molecule has 36 heavy (non-hydrogen) atoms. The summed E-state index contributed by atoms with van der Waals surface area (Å²) in [6, 6.07) is 15.0. The van der Waals surface area contributed by atoms with Crippen molar-refractivity contribution in [3.05, 3.63) is 59.7 Å². The van der Waals surface area contributed by atoms with Gasteiger partial charge in [-0.05, 0) is 36.1 Å². The number of nitrogens with zero attached hydrogens (tertiary/aromatic N) is 2. The number of likely N-dealkylation sites (tertiary alicyclic amines) is 1. The molecule has 4 aliphatic rings. The maximum atomic E-state index is 13.6. The topological polar surface area (TPSA) is 118 Å². The van der Waals surface area contributed by atoms with Gasteiger partial charge in [-0.25, -0.2) is 0 Å². The molecule has 188 valence electrons. The Kier molecular flexibility index (Phi) is 5.89. The van der Waals surface area contributed by atoms with Crippen molar-refractivity contribution in [2.24, 2.45) is 28.8 Å². The predicted molar refractivity (Wildman–Crippen MR) is 127 cm³/mol. The van der Waals surface area contributed by atoms with E-state index < -0.39 is 30.0 Å². The predicted octanol–water partition coefficient (Wildman–Crippen LogP) is 2.24. The molecule has 3 fully saturated rings. The minimum Gasteiger partial charge on any atom is -0.454 e. The number of rotatable bonds is 5. The Bertz CT molecular complexity index is 1200. The zero-order valence-electron chi connectivity index (χ0n) is 19.7. The molecule has 2 aromatic rings. The van der Waals surface area contributed by atoms with Gasteiger partial charge in [-0.1, -0.05) is 41.6 Å². The Morgan fingerprint density at radius 2 is 1.72 bits per heavy atom. The number of benzene rings is 2. The quantitative estimate of drug-likeness (QED) is 0.486. The van der Waals surface area contributed by atoms with Crippen LogP contribution in [-0.2, 0) is 27.6 Å². The Morgan fingerprint density at radius 3 is 2.56 bits per heavy atom. The summed E-state index contributed by atoms with van der Waals surface area (Å²) in [4.78, 5) is 33.8. The minimum absolute atomic E-state index is 0.123. The number of aliphatic hydroxyl groups excluding tert-OH is 2. The smallest absolute Gasteiger partial charge is 0.233 e. The van der Waals surface area contributed by atoms with E-state index in [-0.39, 0.29) is 44.1 Å². The standard InChI is InChI=1S/C27H28N2O7/c30-20-11-19(28-36-13-15-4-2-1-3-5-15)17-7-8-18-24(23(17)25(20)31)27(33)29(26(18)32)12-16-6-9-21-22(10-16)35-14-34-21/h1-6,9-10,17-18,20,23-25,30-31H,7-8,11-14H2/b28-19+/t17-,18-,20-,23+,24-,25-/m1/s1. The van der Waals surface area contributed by atoms with Crippen molar-refractivity contribution in [2.45, 2.75) is 44.6 Å². The SMILES string of the molecule is O=C1[C@H]2[C@H]3[C@H](O)[C@H](O)C/C(=N\OCc4ccccc4)[C@H]3CC[C@H]2C(=O)N1Cc1ccc2c(c1)OCO2. The van der Waals surface area contributed by atoms with Gasteiger partial charge in [0.2, 0.25) is 18.6 Å². The fourth-order valence-corrected chi connectivity index (χ4v) is 6.18. The summed E-state index contributed by atoms with van der Waals surface area (Å²) in [6.45, 7) is 0.554. The van der Waals surface area contributed by atoms with Gasteiger partial charge < -0.3 is 24.5 Å². The van der Waals surface area contributed by atoms with E-state index in [9.17, 15) is 19.8 Å². The number of hydrogen-bond acceptors (Lipinski definition) is 8. The third-order valence-corrected chi connectivity index (χ3v) is 7.90. The third kappa shape index (κ3) is 3.92. The van der Waals surface area contributed by atoms with Crippen molar-refractivity contribution in [1.29, 1.82) is 0 Å². The van der Waals surface area contributed by atoms with E-state index in [0.717, 1.165) is 11.1 Å². The van der Waals surface area contributed by atoms with Crippen LogP contribution in [0.25, 0.3) is 0 Å². The first-order valence-corrected chi connectivity index (χ1v) is 12.3. The largest absolute Gasteiger partial charge is 0.454 e. The molecule has 0 aromatic heterocycles. The van der Waals surface area contributed by atoms with Gasteiger partial charge >= 0.3 is 0 Å². The molecule has 9 heteroatoms. The van der Waals surface area contributed by atoms with Crippen LogP contribution in [0.2, 0.25) is 0 Å². The highest BCUT2D eigenvalue weighted by Gasteiger charge is 2.59. The van der Waals surface area contributed by atoms with Crippen LogP contribution in [0.3, 0.4) is 0 Å². The molecule has 0 radical (unpaired) electrons. The highest BCUT2D eigenvalue weighted by molar-refractivity contribution is 6.06. The molecule has 2 aliphatic heterocycles. The number of carbonyl (C=O) groups excluding carboxylic acids is 2. The number of oxime groups is 1. The van der Waals surface area contributed by atoms with Gasteiger partial charge in [-0.2, -0.15) is 0 Å². The van der Waals surface area contributed by atoms with Gasteiger partial charge in [-0.15, -0.1) is 0 Å². The maximum Gasteiger partial charge on any atom is 0.233 e. The third-order valence-electron chi connectivity index (χ3n) is 7.90. The molecule has 2 amide bonds. The zero-order valence-corrected chi connectivity index (χ0v) is 19.7. The molecular formula is C27H28N2O7. The summed E-state index contributed by atoms with van der Waals surface area (Å²) in [5.41, 5.74) is 2.37. The van der Waals surface area contributed by atoms with Crippen molar-refractivity contribution >= 4 is 17.5 Å². The van der Waals surface area contributed by atoms with Crippen molar-refractivity contribution in [3.63, 3.8) is 0 Å². The van der Waals surface area contributed by atoms with Gasteiger partial charge in [0.1, 0.15) is 6.61 Å². The first kappa shape index (κ1) is 23.0. The summed E-state index contributed by atoms with van der Waals surface area (Å²) < 4.78 is 10.8. The molecule has 6 atom stereocenters. The Labute approximate surface area is 208 Å². The second kappa shape index (κ2) is 9.22. The molecular weight excluding hydrogens is 464 g/mol. The van der Waals surface area contributed by atoms with Crippen molar-refractivity contribution < 1.29 is 34.1 Å². The summed E-state index contributed by atoms with van der Waals surface area (Å²) >= 11 is 0. The molecule has 9 nitrogen and oxygen atoms in total. The number of hydrogen-bond donors (Lipinski definition) is 2. The van der Waals surface area contributed by atoms with Crippen LogP contribution < -0.4 is 9.47 Å². The summed E-state index contributed by atoms with van der Waals surface area (Å²) in [7, 11) is 0. The van der Waals surface area contributed by atoms with Gasteiger partial charge in [-0.3, -0.25) is 14.5 Å². The molecule has 2 aromatic carbocycles. The fraction of sp³-hybridized carbons (Fsp3) is 0.444. The first-order valence-electron chi connectivity index (χ1n) is 12.3. The Balaban J connectivity index is 1.22. The van der Waals surface area contributed by atoms with Gasteiger partial charge in [0.05, 0.1) is 36.3 Å². The zero-order chi connectivity index (χ0) is 24.8. The van der Waals surface area contributed by atoms with Gasteiger partial charge in [0, 0.05) is 18.3 Å². The van der Waals surface area contributed by atoms with E-state index in [1.165, 1.54) is 4.90 Å². The number of aliphatic hydroxyl groups is 2. The molecule has 0 unspecified atom stereocenters. The summed E-state index contributed by atoms with van der Waals surface area (Å²) in [6.07, 6.45) is -0.889. The van der Waals surface area contributed by atoms with Crippen LogP contribution in [0.1, 0.15) is 30.4 Å². The monoisotopic (exact) mass is 492 g/mol. The van der Waals surface area contributed by atoms with Gasteiger partial charge in [0.25, 0.3) is 0 Å². The van der Waals surface area contributed by atoms with Crippen molar-refractivity contribution in [1.82, 2.24) is 4.90 Å². The molecule has 2 saturated carbocycles. The van der Waals surface area contributed by atoms with E-state index in [1.807, 2.05) is 36.4 Å². The van der Waals surface area contributed by atoms with Crippen molar-refractivity contribution in [2.75, 3.05) is 6.79 Å². The first-order chi connectivity index (χ1) is 17.5. The van der Waals surface area contributed by atoms with Crippen LogP contribution in [0.4, 0.5) is 0 Å².